The molecule has 0 saturated carbocycles. The number of carbonyl (C=O) groups is 2. The molecule has 0 spiro atoms. The zero-order valence-electron chi connectivity index (χ0n) is 16.0. The molecule has 6 nitrogen and oxygen atoms in total. The number of likely N-dealkylation sites (N-methyl/N-ethyl adjacent to an activating group) is 1. The van der Waals surface area contributed by atoms with E-state index in [1.807, 2.05) is 62.7 Å². The van der Waals surface area contributed by atoms with Crippen molar-refractivity contribution in [3.63, 3.8) is 0 Å². The number of hydrogen-bond donors (Lipinski definition) is 1. The lowest BCUT2D eigenvalue weighted by Crippen LogP contribution is -2.42. The predicted molar refractivity (Wildman–Crippen MR) is 102 cm³/mol. The van der Waals surface area contributed by atoms with Crippen molar-refractivity contribution >= 4 is 11.8 Å². The van der Waals surface area contributed by atoms with Gasteiger partial charge in [0.1, 0.15) is 0 Å². The van der Waals surface area contributed by atoms with Gasteiger partial charge in [0.05, 0.1) is 30.5 Å². The second kappa shape index (κ2) is 9.17. The molecule has 1 aromatic carbocycles. The van der Waals surface area contributed by atoms with E-state index in [0.717, 1.165) is 11.3 Å². The van der Waals surface area contributed by atoms with E-state index in [2.05, 4.69) is 10.4 Å². The Labute approximate surface area is 155 Å². The second-order valence-electron chi connectivity index (χ2n) is 6.54. The summed E-state index contributed by atoms with van der Waals surface area (Å²) in [5, 5.41) is 7.24. The molecule has 0 aliphatic carbocycles. The molecule has 140 valence electrons. The molecule has 0 bridgehead atoms. The summed E-state index contributed by atoms with van der Waals surface area (Å²) < 4.78 is 1.87. The largest absolute Gasteiger partial charge is 0.352 e. The lowest BCUT2D eigenvalue weighted by Gasteiger charge is -2.21. The van der Waals surface area contributed by atoms with E-state index >= 15 is 0 Å². The van der Waals surface area contributed by atoms with Crippen molar-refractivity contribution < 1.29 is 9.59 Å². The molecular formula is C20H28N4O2. The topological polar surface area (TPSA) is 67.2 Å². The molecule has 2 amide bonds. The Hall–Kier alpha value is -2.63. The van der Waals surface area contributed by atoms with E-state index in [1.54, 1.807) is 11.1 Å². The van der Waals surface area contributed by atoms with E-state index in [0.29, 0.717) is 25.1 Å². The third-order valence-electron chi connectivity index (χ3n) is 4.14. The molecule has 2 rings (SSSR count). The van der Waals surface area contributed by atoms with E-state index in [9.17, 15) is 9.59 Å². The van der Waals surface area contributed by atoms with Gasteiger partial charge in [-0.3, -0.25) is 14.3 Å². The highest BCUT2D eigenvalue weighted by atomic mass is 16.2. The molecule has 1 N–H and O–H groups in total. The van der Waals surface area contributed by atoms with Crippen LogP contribution in [0.25, 0.3) is 0 Å². The van der Waals surface area contributed by atoms with Crippen LogP contribution in [0.2, 0.25) is 0 Å². The number of benzene rings is 1. The highest BCUT2D eigenvalue weighted by Gasteiger charge is 2.23. The first kappa shape index (κ1) is 19.7. The smallest absolute Gasteiger partial charge is 0.257 e. The lowest BCUT2D eigenvalue weighted by atomic mass is 10.1. The molecule has 0 unspecified atom stereocenters. The van der Waals surface area contributed by atoms with Gasteiger partial charge >= 0.3 is 0 Å². The minimum atomic E-state index is -0.150. The summed E-state index contributed by atoms with van der Waals surface area (Å²) in [6.07, 6.45) is 2.32. The molecule has 1 aromatic heterocycles. The maximum Gasteiger partial charge on any atom is 0.257 e. The van der Waals surface area contributed by atoms with Crippen LogP contribution in [0, 0.1) is 0 Å². The first-order valence-electron chi connectivity index (χ1n) is 9.13. The van der Waals surface area contributed by atoms with Gasteiger partial charge in [-0.25, -0.2) is 0 Å². The normalized spacial score (nSPS) is 10.8. The van der Waals surface area contributed by atoms with Crippen LogP contribution in [0.1, 0.15) is 49.3 Å². The molecule has 0 fully saturated rings. The van der Waals surface area contributed by atoms with Gasteiger partial charge in [0.15, 0.2) is 0 Å². The first-order valence-corrected chi connectivity index (χ1v) is 9.13. The Morgan fingerprint density at radius 3 is 2.46 bits per heavy atom. The van der Waals surface area contributed by atoms with Crippen LogP contribution < -0.4 is 5.32 Å². The zero-order chi connectivity index (χ0) is 19.1. The van der Waals surface area contributed by atoms with E-state index in [-0.39, 0.29) is 24.4 Å². The van der Waals surface area contributed by atoms with Crippen molar-refractivity contribution in [3.05, 3.63) is 53.3 Å². The van der Waals surface area contributed by atoms with Crippen molar-refractivity contribution in [2.45, 2.75) is 46.7 Å². The second-order valence-corrected chi connectivity index (χ2v) is 6.54. The van der Waals surface area contributed by atoms with E-state index < -0.39 is 0 Å². The average molecular weight is 356 g/mol. The Morgan fingerprint density at radius 1 is 1.19 bits per heavy atom. The molecule has 0 saturated heterocycles. The molecule has 0 aliphatic heterocycles. The summed E-state index contributed by atoms with van der Waals surface area (Å²) in [4.78, 5) is 26.5. The Bertz CT molecular complexity index is 738. The maximum atomic E-state index is 12.9. The summed E-state index contributed by atoms with van der Waals surface area (Å²) in [5.74, 6) is -0.299. The fourth-order valence-corrected chi connectivity index (χ4v) is 2.89. The van der Waals surface area contributed by atoms with Gasteiger partial charge in [-0.15, -0.1) is 0 Å². The molecule has 0 aliphatic rings. The van der Waals surface area contributed by atoms with Crippen molar-refractivity contribution in [2.75, 3.05) is 13.1 Å². The predicted octanol–water partition coefficient (Wildman–Crippen LogP) is 2.48. The minimum absolute atomic E-state index is 0.0520. The fourth-order valence-electron chi connectivity index (χ4n) is 2.89. The summed E-state index contributed by atoms with van der Waals surface area (Å²) in [6.45, 7) is 8.84. The van der Waals surface area contributed by atoms with Gasteiger partial charge in [-0.05, 0) is 32.8 Å². The summed E-state index contributed by atoms with van der Waals surface area (Å²) in [7, 11) is 0. The van der Waals surface area contributed by atoms with Gasteiger partial charge in [0, 0.05) is 12.6 Å². The van der Waals surface area contributed by atoms with Gasteiger partial charge in [0.2, 0.25) is 5.91 Å². The van der Waals surface area contributed by atoms with E-state index in [4.69, 9.17) is 0 Å². The van der Waals surface area contributed by atoms with Crippen LogP contribution in [-0.2, 0) is 17.8 Å². The molecule has 26 heavy (non-hydrogen) atoms. The highest BCUT2D eigenvalue weighted by molar-refractivity contribution is 5.97. The molecule has 6 heteroatoms. The van der Waals surface area contributed by atoms with Crippen molar-refractivity contribution in [3.8, 4) is 0 Å². The molecular weight excluding hydrogens is 328 g/mol. The zero-order valence-corrected chi connectivity index (χ0v) is 16.0. The molecule has 1 heterocycles. The minimum Gasteiger partial charge on any atom is -0.352 e. The van der Waals surface area contributed by atoms with Crippen LogP contribution in [0.3, 0.4) is 0 Å². The average Bonchev–Trinajstić information content (AvgIpc) is 3.01. The standard InChI is InChI=1S/C20H28N4O2/c1-5-18-17(12-21-24(18)13-16-10-8-7-9-11-16)20(26)23(6-2)14-19(25)22-15(3)4/h7-12,15H,5-6,13-14H2,1-4H3,(H,22,25). The number of aromatic nitrogens is 2. The van der Waals surface area contributed by atoms with Crippen molar-refractivity contribution in [2.24, 2.45) is 0 Å². The number of nitrogens with one attached hydrogen (secondary N) is 1. The van der Waals surface area contributed by atoms with E-state index in [1.165, 1.54) is 0 Å². The summed E-state index contributed by atoms with van der Waals surface area (Å²) in [6, 6.07) is 10.1. The monoisotopic (exact) mass is 356 g/mol. The van der Waals surface area contributed by atoms with Crippen LogP contribution >= 0.6 is 0 Å². The fraction of sp³-hybridized carbons (Fsp3) is 0.450. The Balaban J connectivity index is 2.18. The Kier molecular flexibility index (Phi) is 6.95. The van der Waals surface area contributed by atoms with Crippen LogP contribution in [0.5, 0.6) is 0 Å². The molecule has 0 radical (unpaired) electrons. The maximum absolute atomic E-state index is 12.9. The first-order chi connectivity index (χ1) is 12.5. The van der Waals surface area contributed by atoms with Crippen LogP contribution in [0.15, 0.2) is 36.5 Å². The van der Waals surface area contributed by atoms with Crippen molar-refractivity contribution in [1.82, 2.24) is 20.0 Å². The molecule has 0 atom stereocenters. The van der Waals surface area contributed by atoms with Gasteiger partial charge in [-0.1, -0.05) is 37.3 Å². The van der Waals surface area contributed by atoms with Gasteiger partial charge < -0.3 is 10.2 Å². The van der Waals surface area contributed by atoms with Crippen molar-refractivity contribution in [1.29, 1.82) is 0 Å². The summed E-state index contributed by atoms with van der Waals surface area (Å²) >= 11 is 0. The quantitative estimate of drug-likeness (QED) is 0.790. The number of nitrogens with zero attached hydrogens (tertiary/aromatic N) is 3. The van der Waals surface area contributed by atoms with Gasteiger partial charge in [-0.2, -0.15) is 5.10 Å². The number of hydrogen-bond acceptors (Lipinski definition) is 3. The molecule has 2 aromatic rings. The number of rotatable bonds is 8. The number of amides is 2. The highest BCUT2D eigenvalue weighted by Crippen LogP contribution is 2.15. The Morgan fingerprint density at radius 2 is 1.88 bits per heavy atom. The SMILES string of the molecule is CCc1c(C(=O)N(CC)CC(=O)NC(C)C)cnn1Cc1ccccc1. The third kappa shape index (κ3) is 4.94. The summed E-state index contributed by atoms with van der Waals surface area (Å²) in [5.41, 5.74) is 2.59. The van der Waals surface area contributed by atoms with Crippen LogP contribution in [-0.4, -0.2) is 45.6 Å². The third-order valence-corrected chi connectivity index (χ3v) is 4.14. The van der Waals surface area contributed by atoms with Gasteiger partial charge in [0.25, 0.3) is 5.91 Å². The van der Waals surface area contributed by atoms with Crippen LogP contribution in [0.4, 0.5) is 0 Å². The lowest BCUT2D eigenvalue weighted by molar-refractivity contribution is -0.122. The number of carbonyl (C=O) groups excluding carboxylic acids is 2.